The zero-order valence-electron chi connectivity index (χ0n) is 11.3. The lowest BCUT2D eigenvalue weighted by Gasteiger charge is -2.14. The highest BCUT2D eigenvalue weighted by molar-refractivity contribution is 7.80. The molecule has 4 nitrogen and oxygen atoms in total. The van der Waals surface area contributed by atoms with Gasteiger partial charge in [-0.05, 0) is 29.8 Å². The number of thiocarbonyl (C=S) groups is 1. The van der Waals surface area contributed by atoms with E-state index in [1.165, 1.54) is 7.11 Å². The van der Waals surface area contributed by atoms with Gasteiger partial charge in [-0.1, -0.05) is 29.9 Å². The summed E-state index contributed by atoms with van der Waals surface area (Å²) in [7, 11) is 1.52. The van der Waals surface area contributed by atoms with Crippen LogP contribution in [0.5, 0.6) is 17.2 Å². The van der Waals surface area contributed by atoms with E-state index in [4.69, 9.17) is 44.1 Å². The summed E-state index contributed by atoms with van der Waals surface area (Å²) in [6, 6.07) is 10.2. The van der Waals surface area contributed by atoms with Gasteiger partial charge >= 0.3 is 0 Å². The Morgan fingerprint density at radius 1 is 1.19 bits per heavy atom. The van der Waals surface area contributed by atoms with Crippen LogP contribution in [-0.4, -0.2) is 17.2 Å². The summed E-state index contributed by atoms with van der Waals surface area (Å²) in [6.45, 7) is -0.0774. The highest BCUT2D eigenvalue weighted by Gasteiger charge is 2.12. The van der Waals surface area contributed by atoms with E-state index < -0.39 is 0 Å². The van der Waals surface area contributed by atoms with Crippen molar-refractivity contribution in [2.45, 2.75) is 6.61 Å². The van der Waals surface area contributed by atoms with Crippen molar-refractivity contribution >= 4 is 28.8 Å². The van der Waals surface area contributed by atoms with Crippen molar-refractivity contribution in [3.05, 3.63) is 52.5 Å². The third kappa shape index (κ3) is 3.64. The van der Waals surface area contributed by atoms with Gasteiger partial charge in [-0.15, -0.1) is 0 Å². The first kappa shape index (κ1) is 15.6. The van der Waals surface area contributed by atoms with Crippen LogP contribution in [0.4, 0.5) is 0 Å². The minimum Gasteiger partial charge on any atom is -0.493 e. The molecule has 110 valence electrons. The fourth-order valence-corrected chi connectivity index (χ4v) is 2.13. The summed E-state index contributed by atoms with van der Waals surface area (Å²) in [6.07, 6.45) is 0. The van der Waals surface area contributed by atoms with Crippen molar-refractivity contribution in [3.63, 3.8) is 0 Å². The lowest BCUT2D eigenvalue weighted by molar-refractivity contribution is 0.280. The van der Waals surface area contributed by atoms with Crippen LogP contribution in [0.1, 0.15) is 11.1 Å². The van der Waals surface area contributed by atoms with Crippen LogP contribution in [0.15, 0.2) is 36.4 Å². The fraction of sp³-hybridized carbons (Fsp3) is 0.133. The van der Waals surface area contributed by atoms with Gasteiger partial charge in [0.05, 0.1) is 19.3 Å². The third-order valence-electron chi connectivity index (χ3n) is 2.84. The summed E-state index contributed by atoms with van der Waals surface area (Å²) in [5, 5.41) is 9.65. The first-order valence-electron chi connectivity index (χ1n) is 6.10. The van der Waals surface area contributed by atoms with Crippen LogP contribution in [0.2, 0.25) is 5.02 Å². The molecule has 2 rings (SSSR count). The van der Waals surface area contributed by atoms with E-state index in [9.17, 15) is 0 Å². The molecule has 0 aliphatic rings. The van der Waals surface area contributed by atoms with Crippen LogP contribution in [0.25, 0.3) is 0 Å². The highest BCUT2D eigenvalue weighted by Crippen LogP contribution is 2.35. The number of benzene rings is 2. The Hall–Kier alpha value is -1.82. The Morgan fingerprint density at radius 3 is 2.57 bits per heavy atom. The Morgan fingerprint density at radius 2 is 1.95 bits per heavy atom. The van der Waals surface area contributed by atoms with Gasteiger partial charge in [0.25, 0.3) is 0 Å². The van der Waals surface area contributed by atoms with Gasteiger partial charge in [0.15, 0.2) is 11.5 Å². The van der Waals surface area contributed by atoms with Gasteiger partial charge < -0.3 is 20.3 Å². The van der Waals surface area contributed by atoms with Crippen molar-refractivity contribution in [3.8, 4) is 17.2 Å². The number of hydrogen-bond donors (Lipinski definition) is 2. The van der Waals surface area contributed by atoms with E-state index in [1.54, 1.807) is 36.4 Å². The van der Waals surface area contributed by atoms with E-state index in [1.807, 2.05) is 0 Å². The molecule has 0 fully saturated rings. The van der Waals surface area contributed by atoms with Crippen LogP contribution in [0, 0.1) is 0 Å². The molecule has 0 spiro atoms. The molecule has 6 heteroatoms. The van der Waals surface area contributed by atoms with Crippen molar-refractivity contribution in [1.82, 2.24) is 0 Å². The Labute approximate surface area is 133 Å². The first-order chi connectivity index (χ1) is 10.0. The molecule has 0 unspecified atom stereocenters. The van der Waals surface area contributed by atoms with E-state index in [0.717, 1.165) is 5.56 Å². The lowest BCUT2D eigenvalue weighted by Crippen LogP contribution is -2.10. The van der Waals surface area contributed by atoms with Crippen LogP contribution >= 0.6 is 23.8 Å². The third-order valence-corrected chi connectivity index (χ3v) is 3.29. The number of rotatable bonds is 5. The number of hydrogen-bond acceptors (Lipinski definition) is 4. The summed E-state index contributed by atoms with van der Waals surface area (Å²) in [5.74, 6) is 1.43. The summed E-state index contributed by atoms with van der Waals surface area (Å²) < 4.78 is 11.1. The predicted molar refractivity (Wildman–Crippen MR) is 86.3 cm³/mol. The average molecular weight is 324 g/mol. The molecule has 0 radical (unpaired) electrons. The Bertz CT molecular complexity index is 676. The summed E-state index contributed by atoms with van der Waals surface area (Å²) >= 11 is 11.0. The maximum absolute atomic E-state index is 9.14. The number of aliphatic hydroxyl groups is 1. The van der Waals surface area contributed by atoms with Crippen molar-refractivity contribution in [2.24, 2.45) is 5.73 Å². The molecule has 0 aliphatic heterocycles. The largest absolute Gasteiger partial charge is 0.493 e. The molecule has 2 aromatic carbocycles. The molecular formula is C15H14ClNO3S. The van der Waals surface area contributed by atoms with E-state index in [0.29, 0.717) is 27.8 Å². The standard InChI is InChI=1S/C15H14ClNO3S/c1-19-14-6-9(8-18)2-5-12(14)20-13-7-10(16)3-4-11(13)15(17)21/h2-7,18H,8H2,1H3,(H2,17,21). The molecule has 0 heterocycles. The monoisotopic (exact) mass is 323 g/mol. The minimum absolute atomic E-state index is 0.0774. The number of nitrogens with two attached hydrogens (primary N) is 1. The van der Waals surface area contributed by atoms with Gasteiger partial charge in [-0.25, -0.2) is 0 Å². The number of aliphatic hydroxyl groups excluding tert-OH is 1. The predicted octanol–water partition coefficient (Wildman–Crippen LogP) is 3.27. The second-order valence-electron chi connectivity index (χ2n) is 4.25. The molecule has 0 atom stereocenters. The SMILES string of the molecule is COc1cc(CO)ccc1Oc1cc(Cl)ccc1C(N)=S. The molecule has 2 aromatic rings. The first-order valence-corrected chi connectivity index (χ1v) is 6.88. The highest BCUT2D eigenvalue weighted by atomic mass is 35.5. The molecule has 0 saturated carbocycles. The molecule has 0 bridgehead atoms. The van der Waals surface area contributed by atoms with Crippen LogP contribution in [-0.2, 0) is 6.61 Å². The normalized spacial score (nSPS) is 10.2. The molecule has 21 heavy (non-hydrogen) atoms. The molecule has 0 aromatic heterocycles. The maximum Gasteiger partial charge on any atom is 0.169 e. The minimum atomic E-state index is -0.0774. The van der Waals surface area contributed by atoms with Crippen LogP contribution < -0.4 is 15.2 Å². The topological polar surface area (TPSA) is 64.7 Å². The molecule has 0 aliphatic carbocycles. The van der Waals surface area contributed by atoms with Crippen molar-refractivity contribution in [2.75, 3.05) is 7.11 Å². The molecular weight excluding hydrogens is 310 g/mol. The molecule has 0 saturated heterocycles. The Kier molecular flexibility index (Phi) is 5.01. The van der Waals surface area contributed by atoms with Gasteiger partial charge in [0.1, 0.15) is 10.7 Å². The van der Waals surface area contributed by atoms with Gasteiger partial charge in [-0.3, -0.25) is 0 Å². The number of halogens is 1. The Balaban J connectivity index is 2.42. The quantitative estimate of drug-likeness (QED) is 0.827. The summed E-state index contributed by atoms with van der Waals surface area (Å²) in [5.41, 5.74) is 6.99. The molecule has 0 amide bonds. The molecule has 3 N–H and O–H groups in total. The van der Waals surface area contributed by atoms with E-state index in [2.05, 4.69) is 0 Å². The van der Waals surface area contributed by atoms with E-state index >= 15 is 0 Å². The van der Waals surface area contributed by atoms with Crippen molar-refractivity contribution < 1.29 is 14.6 Å². The number of methoxy groups -OCH3 is 1. The maximum atomic E-state index is 9.14. The lowest BCUT2D eigenvalue weighted by atomic mass is 10.2. The summed E-state index contributed by atoms with van der Waals surface area (Å²) in [4.78, 5) is 0.215. The second-order valence-corrected chi connectivity index (χ2v) is 5.13. The average Bonchev–Trinajstić information content (AvgIpc) is 2.47. The van der Waals surface area contributed by atoms with E-state index in [-0.39, 0.29) is 11.6 Å². The van der Waals surface area contributed by atoms with Crippen molar-refractivity contribution in [1.29, 1.82) is 0 Å². The zero-order chi connectivity index (χ0) is 15.4. The van der Waals surface area contributed by atoms with Gasteiger partial charge in [0.2, 0.25) is 0 Å². The van der Waals surface area contributed by atoms with Gasteiger partial charge in [0, 0.05) is 11.1 Å². The smallest absolute Gasteiger partial charge is 0.169 e. The number of ether oxygens (including phenoxy) is 2. The van der Waals surface area contributed by atoms with Gasteiger partial charge in [-0.2, -0.15) is 0 Å². The zero-order valence-corrected chi connectivity index (χ0v) is 12.9. The fourth-order valence-electron chi connectivity index (χ4n) is 1.80. The second kappa shape index (κ2) is 6.76. The van der Waals surface area contributed by atoms with Crippen LogP contribution in [0.3, 0.4) is 0 Å².